The van der Waals surface area contributed by atoms with E-state index in [1.165, 1.54) is 6.42 Å². The molecular formula is C21H28N8O2. The van der Waals surface area contributed by atoms with Crippen molar-refractivity contribution in [2.75, 3.05) is 24.6 Å². The zero-order valence-corrected chi connectivity index (χ0v) is 18.2. The summed E-state index contributed by atoms with van der Waals surface area (Å²) in [7, 11) is 1.89. The quantitative estimate of drug-likeness (QED) is 0.615. The first-order valence-corrected chi connectivity index (χ1v) is 10.9. The number of hydrogen-bond acceptors (Lipinski definition) is 8. The van der Waals surface area contributed by atoms with Crippen LogP contribution in [0.2, 0.25) is 0 Å². The monoisotopic (exact) mass is 424 g/mol. The highest BCUT2D eigenvalue weighted by molar-refractivity contribution is 5.65. The van der Waals surface area contributed by atoms with Gasteiger partial charge in [0.15, 0.2) is 23.6 Å². The topological polar surface area (TPSA) is 95.5 Å². The first-order chi connectivity index (χ1) is 15.1. The van der Waals surface area contributed by atoms with E-state index in [9.17, 15) is 0 Å². The number of nitrogens with zero attached hydrogens (tertiary/aromatic N) is 8. The molecule has 0 bridgehead atoms. The summed E-state index contributed by atoms with van der Waals surface area (Å²) in [6.45, 7) is 6.36. The van der Waals surface area contributed by atoms with Crippen molar-refractivity contribution in [1.82, 2.24) is 34.3 Å². The van der Waals surface area contributed by atoms with Gasteiger partial charge in [-0.2, -0.15) is 4.98 Å². The molecule has 10 heteroatoms. The van der Waals surface area contributed by atoms with Gasteiger partial charge < -0.3 is 14.4 Å². The molecular weight excluding hydrogens is 396 g/mol. The van der Waals surface area contributed by atoms with Crippen molar-refractivity contribution in [1.29, 1.82) is 0 Å². The van der Waals surface area contributed by atoms with Crippen molar-refractivity contribution in [3.05, 3.63) is 29.2 Å². The maximum Gasteiger partial charge on any atom is 0.245 e. The maximum absolute atomic E-state index is 6.13. The van der Waals surface area contributed by atoms with Crippen molar-refractivity contribution < 1.29 is 9.47 Å². The van der Waals surface area contributed by atoms with Gasteiger partial charge >= 0.3 is 0 Å². The highest BCUT2D eigenvalue weighted by atomic mass is 16.7. The van der Waals surface area contributed by atoms with Gasteiger partial charge in [-0.15, -0.1) is 10.2 Å². The Bertz CT molecular complexity index is 1060. The van der Waals surface area contributed by atoms with Crippen molar-refractivity contribution in [2.24, 2.45) is 7.05 Å². The van der Waals surface area contributed by atoms with E-state index in [0.29, 0.717) is 5.82 Å². The molecule has 2 saturated heterocycles. The first-order valence-electron chi connectivity index (χ1n) is 10.9. The van der Waals surface area contributed by atoms with E-state index in [1.54, 1.807) is 10.9 Å². The summed E-state index contributed by atoms with van der Waals surface area (Å²) in [5, 5.41) is 9.14. The van der Waals surface area contributed by atoms with E-state index >= 15 is 0 Å². The van der Waals surface area contributed by atoms with Crippen LogP contribution in [0.25, 0.3) is 17.8 Å². The molecule has 2 atom stereocenters. The van der Waals surface area contributed by atoms with Gasteiger partial charge in [0.2, 0.25) is 5.95 Å². The van der Waals surface area contributed by atoms with Crippen LogP contribution in [0, 0.1) is 13.8 Å². The lowest BCUT2D eigenvalue weighted by Crippen LogP contribution is -2.30. The lowest BCUT2D eigenvalue weighted by atomic mass is 10.2. The summed E-state index contributed by atoms with van der Waals surface area (Å²) in [5.41, 5.74) is 2.56. The molecule has 3 aromatic rings. The fraction of sp³-hybridized carbons (Fsp3) is 0.571. The van der Waals surface area contributed by atoms with Gasteiger partial charge in [-0.25, -0.2) is 14.2 Å². The second-order valence-corrected chi connectivity index (χ2v) is 8.21. The molecule has 0 spiro atoms. The van der Waals surface area contributed by atoms with Crippen molar-refractivity contribution in [3.8, 4) is 0 Å². The van der Waals surface area contributed by atoms with Gasteiger partial charge in [-0.3, -0.25) is 4.98 Å². The van der Waals surface area contributed by atoms with Gasteiger partial charge in [0.1, 0.15) is 0 Å². The lowest BCUT2D eigenvalue weighted by molar-refractivity contribution is -0.183. The second kappa shape index (κ2) is 8.35. The van der Waals surface area contributed by atoms with E-state index in [2.05, 4.69) is 25.1 Å². The third-order valence-corrected chi connectivity index (χ3v) is 5.80. The smallest absolute Gasteiger partial charge is 0.245 e. The predicted molar refractivity (Wildman–Crippen MR) is 115 cm³/mol. The zero-order valence-electron chi connectivity index (χ0n) is 18.2. The van der Waals surface area contributed by atoms with Crippen LogP contribution in [0.1, 0.15) is 48.7 Å². The molecule has 0 aliphatic carbocycles. The van der Waals surface area contributed by atoms with Crippen molar-refractivity contribution >= 4 is 23.7 Å². The Kier molecular flexibility index (Phi) is 5.41. The van der Waals surface area contributed by atoms with E-state index < -0.39 is 0 Å². The van der Waals surface area contributed by atoms with Crippen LogP contribution in [0.15, 0.2) is 6.20 Å². The molecule has 0 radical (unpaired) electrons. The Morgan fingerprint density at radius 1 is 1.13 bits per heavy atom. The molecule has 2 aliphatic rings. The van der Waals surface area contributed by atoms with Gasteiger partial charge in [0.05, 0.1) is 17.5 Å². The minimum atomic E-state index is -0.0608. The molecule has 2 fully saturated rings. The number of fused-ring (bicyclic) bond motifs is 1. The van der Waals surface area contributed by atoms with Crippen LogP contribution in [-0.2, 0) is 16.5 Å². The average molecular weight is 425 g/mol. The molecule has 164 valence electrons. The van der Waals surface area contributed by atoms with E-state index in [-0.39, 0.29) is 12.4 Å². The molecule has 5 rings (SSSR count). The summed E-state index contributed by atoms with van der Waals surface area (Å²) in [4.78, 5) is 15.8. The fourth-order valence-corrected chi connectivity index (χ4v) is 4.05. The van der Waals surface area contributed by atoms with Gasteiger partial charge in [0.25, 0.3) is 0 Å². The van der Waals surface area contributed by atoms with Gasteiger partial charge in [-0.05, 0) is 51.7 Å². The molecule has 3 aromatic heterocycles. The highest BCUT2D eigenvalue weighted by Gasteiger charge is 2.29. The standard InChI is InChI=1S/C21H28N8O2/c1-14-12-22-15(2)20-23-17(25-29(14)20)7-8-18-24-21(26-27(18)3)28-10-9-16(13-28)31-19-6-4-5-11-30-19/h7-8,12,16,19H,4-6,9-11,13H2,1-3H3. The summed E-state index contributed by atoms with van der Waals surface area (Å²) in [5.74, 6) is 2.09. The summed E-state index contributed by atoms with van der Waals surface area (Å²) in [6.07, 6.45) is 9.90. The molecule has 10 nitrogen and oxygen atoms in total. The minimum absolute atomic E-state index is 0.0608. The first kappa shape index (κ1) is 20.1. The second-order valence-electron chi connectivity index (χ2n) is 8.21. The van der Waals surface area contributed by atoms with Crippen LogP contribution < -0.4 is 4.90 Å². The fourth-order valence-electron chi connectivity index (χ4n) is 4.05. The zero-order chi connectivity index (χ0) is 21.4. The molecule has 5 heterocycles. The Labute approximate surface area is 180 Å². The number of aryl methyl sites for hydroxylation is 3. The van der Waals surface area contributed by atoms with Crippen LogP contribution in [0.3, 0.4) is 0 Å². The van der Waals surface area contributed by atoms with E-state index in [4.69, 9.17) is 14.5 Å². The third-order valence-electron chi connectivity index (χ3n) is 5.80. The molecule has 0 saturated carbocycles. The number of ether oxygens (including phenoxy) is 2. The molecule has 2 unspecified atom stereocenters. The summed E-state index contributed by atoms with van der Waals surface area (Å²) >= 11 is 0. The van der Waals surface area contributed by atoms with Crippen molar-refractivity contribution in [2.45, 2.75) is 51.9 Å². The third kappa shape index (κ3) is 4.17. The average Bonchev–Trinajstić information content (AvgIpc) is 3.49. The molecule has 31 heavy (non-hydrogen) atoms. The lowest BCUT2D eigenvalue weighted by Gasteiger charge is -2.25. The van der Waals surface area contributed by atoms with Crippen LogP contribution in [0.5, 0.6) is 0 Å². The van der Waals surface area contributed by atoms with Crippen LogP contribution in [-0.4, -0.2) is 66.4 Å². The summed E-state index contributed by atoms with van der Waals surface area (Å²) in [6, 6.07) is 0. The normalized spacial score (nSPS) is 22.2. The van der Waals surface area contributed by atoms with E-state index in [0.717, 1.165) is 67.8 Å². The Morgan fingerprint density at radius 3 is 2.84 bits per heavy atom. The molecule has 2 aliphatic heterocycles. The maximum atomic E-state index is 6.13. The highest BCUT2D eigenvalue weighted by Crippen LogP contribution is 2.23. The number of anilines is 1. The van der Waals surface area contributed by atoms with Crippen molar-refractivity contribution in [3.63, 3.8) is 0 Å². The molecule has 0 aromatic carbocycles. The van der Waals surface area contributed by atoms with E-state index in [1.807, 2.05) is 37.6 Å². The van der Waals surface area contributed by atoms with Crippen LogP contribution in [0.4, 0.5) is 5.95 Å². The Balaban J connectivity index is 1.27. The number of hydrogen-bond donors (Lipinski definition) is 0. The summed E-state index contributed by atoms with van der Waals surface area (Å²) < 4.78 is 15.4. The molecule has 0 amide bonds. The minimum Gasteiger partial charge on any atom is -0.353 e. The Hall–Kier alpha value is -2.85. The Morgan fingerprint density at radius 2 is 2.03 bits per heavy atom. The number of rotatable bonds is 5. The molecule has 0 N–H and O–H groups in total. The predicted octanol–water partition coefficient (Wildman–Crippen LogP) is 2.16. The number of aromatic nitrogens is 7. The SMILES string of the molecule is Cc1ncc(C)n2nc(C=Cc3nc(N4CCC(OC5CCCCO5)C4)nn3C)nc12. The van der Waals surface area contributed by atoms with Gasteiger partial charge in [0, 0.05) is 32.9 Å². The van der Waals surface area contributed by atoms with Gasteiger partial charge in [-0.1, -0.05) is 0 Å². The van der Waals surface area contributed by atoms with Crippen LogP contribution >= 0.6 is 0 Å². The largest absolute Gasteiger partial charge is 0.353 e.